The van der Waals surface area contributed by atoms with E-state index >= 15 is 0 Å². The molecule has 5 atom stereocenters. The number of nitrogens with zero attached hydrogens (tertiary/aromatic N) is 1. The van der Waals surface area contributed by atoms with Crippen LogP contribution >= 0.6 is 0 Å². The molecule has 7 heteroatoms. The third-order valence-corrected chi connectivity index (χ3v) is 6.70. The summed E-state index contributed by atoms with van der Waals surface area (Å²) < 4.78 is 6.27. The smallest absolute Gasteiger partial charge is 0.246 e. The van der Waals surface area contributed by atoms with Gasteiger partial charge in [0.25, 0.3) is 0 Å². The molecule has 7 nitrogen and oxygen atoms in total. The van der Waals surface area contributed by atoms with Crippen LogP contribution in [0.15, 0.2) is 24.8 Å². The first-order valence-corrected chi connectivity index (χ1v) is 11.1. The summed E-state index contributed by atoms with van der Waals surface area (Å²) in [6.07, 6.45) is 10.2. The molecule has 164 valence electrons. The van der Waals surface area contributed by atoms with Crippen LogP contribution in [-0.2, 0) is 19.1 Å². The molecule has 3 aliphatic heterocycles. The zero-order valence-corrected chi connectivity index (χ0v) is 18.1. The second-order valence-electron chi connectivity index (χ2n) is 10.1. The molecule has 0 radical (unpaired) electrons. The van der Waals surface area contributed by atoms with Gasteiger partial charge in [-0.05, 0) is 33.6 Å². The lowest BCUT2D eigenvalue weighted by Crippen LogP contribution is -2.58. The summed E-state index contributed by atoms with van der Waals surface area (Å²) in [4.78, 5) is 41.5. The molecule has 5 unspecified atom stereocenters. The number of carbonyl (C=O) groups excluding carboxylic acids is 3. The lowest BCUT2D eigenvalue weighted by Gasteiger charge is -2.34. The molecule has 0 aromatic carbocycles. The van der Waals surface area contributed by atoms with Crippen LogP contribution in [0.25, 0.3) is 0 Å². The molecular weight excluding hydrogens is 382 g/mol. The van der Waals surface area contributed by atoms with Crippen LogP contribution in [0.5, 0.6) is 0 Å². The highest BCUT2D eigenvalue weighted by atomic mass is 16.5. The Morgan fingerprint density at radius 2 is 1.97 bits per heavy atom. The molecule has 2 N–H and O–H groups in total. The van der Waals surface area contributed by atoms with E-state index in [-0.39, 0.29) is 30.3 Å². The Bertz CT molecular complexity index is 780. The Balaban J connectivity index is 1.63. The van der Waals surface area contributed by atoms with Crippen molar-refractivity contribution in [1.29, 1.82) is 0 Å². The molecule has 0 aromatic heterocycles. The molecule has 1 saturated carbocycles. The van der Waals surface area contributed by atoms with Gasteiger partial charge in [0.2, 0.25) is 17.7 Å². The average molecular weight is 416 g/mol. The van der Waals surface area contributed by atoms with Crippen molar-refractivity contribution >= 4 is 17.7 Å². The largest absolute Gasteiger partial charge is 0.359 e. The predicted molar refractivity (Wildman–Crippen MR) is 112 cm³/mol. The number of hydrogen-bond acceptors (Lipinski definition) is 4. The van der Waals surface area contributed by atoms with Crippen LogP contribution in [0.4, 0.5) is 0 Å². The van der Waals surface area contributed by atoms with E-state index in [1.54, 1.807) is 6.08 Å². The second kappa shape index (κ2) is 7.52. The monoisotopic (exact) mass is 415 g/mol. The Hall–Kier alpha value is -2.15. The highest BCUT2D eigenvalue weighted by molar-refractivity contribution is 6.00. The van der Waals surface area contributed by atoms with Crippen molar-refractivity contribution in [1.82, 2.24) is 15.5 Å². The Morgan fingerprint density at radius 1 is 1.27 bits per heavy atom. The van der Waals surface area contributed by atoms with Crippen molar-refractivity contribution in [2.75, 3.05) is 6.54 Å². The van der Waals surface area contributed by atoms with Crippen molar-refractivity contribution in [2.24, 2.45) is 11.8 Å². The first kappa shape index (κ1) is 21.1. The molecule has 3 amide bonds. The van der Waals surface area contributed by atoms with E-state index in [1.165, 1.54) is 11.3 Å². The van der Waals surface area contributed by atoms with E-state index < -0.39 is 35.1 Å². The van der Waals surface area contributed by atoms with E-state index in [9.17, 15) is 14.4 Å². The maximum atomic E-state index is 13.5. The van der Waals surface area contributed by atoms with Gasteiger partial charge in [0.05, 0.1) is 17.9 Å². The zero-order chi connectivity index (χ0) is 21.7. The zero-order valence-electron chi connectivity index (χ0n) is 18.1. The summed E-state index contributed by atoms with van der Waals surface area (Å²) in [6, 6.07) is -0.660. The van der Waals surface area contributed by atoms with Crippen LogP contribution in [0.1, 0.15) is 52.9 Å². The molecule has 0 aromatic rings. The Morgan fingerprint density at radius 3 is 2.60 bits per heavy atom. The second-order valence-corrected chi connectivity index (χ2v) is 10.1. The van der Waals surface area contributed by atoms with E-state index in [1.807, 2.05) is 32.9 Å². The molecule has 1 aliphatic carbocycles. The molecule has 4 rings (SSSR count). The Labute approximate surface area is 178 Å². The number of carbonyl (C=O) groups is 3. The molecule has 30 heavy (non-hydrogen) atoms. The van der Waals surface area contributed by atoms with Gasteiger partial charge in [0.15, 0.2) is 0 Å². The van der Waals surface area contributed by atoms with E-state index in [2.05, 4.69) is 17.2 Å². The molecule has 3 fully saturated rings. The van der Waals surface area contributed by atoms with Crippen LogP contribution < -0.4 is 10.6 Å². The summed E-state index contributed by atoms with van der Waals surface area (Å²) in [5, 5.41) is 6.15. The molecule has 2 bridgehead atoms. The van der Waals surface area contributed by atoms with Crippen molar-refractivity contribution in [3.8, 4) is 0 Å². The van der Waals surface area contributed by atoms with Gasteiger partial charge < -0.3 is 20.3 Å². The van der Waals surface area contributed by atoms with Gasteiger partial charge >= 0.3 is 0 Å². The van der Waals surface area contributed by atoms with Gasteiger partial charge in [-0.3, -0.25) is 14.4 Å². The minimum atomic E-state index is -1.10. The predicted octanol–water partition coefficient (Wildman–Crippen LogP) is 1.69. The van der Waals surface area contributed by atoms with Crippen LogP contribution in [0, 0.1) is 11.8 Å². The van der Waals surface area contributed by atoms with Crippen molar-refractivity contribution in [3.05, 3.63) is 24.8 Å². The highest BCUT2D eigenvalue weighted by Gasteiger charge is 2.72. The van der Waals surface area contributed by atoms with Gasteiger partial charge in [-0.1, -0.05) is 37.5 Å². The summed E-state index contributed by atoms with van der Waals surface area (Å²) in [6.45, 7) is 9.68. The van der Waals surface area contributed by atoms with Crippen molar-refractivity contribution in [3.63, 3.8) is 0 Å². The lowest BCUT2D eigenvalue weighted by atomic mass is 9.74. The van der Waals surface area contributed by atoms with Crippen LogP contribution in [-0.4, -0.2) is 58.5 Å². The lowest BCUT2D eigenvalue weighted by molar-refractivity contribution is -0.141. The van der Waals surface area contributed by atoms with Crippen molar-refractivity contribution < 1.29 is 19.1 Å². The standard InChI is InChI=1S/C23H33N3O4/c1-5-13-26-18(20(28)25-22(2,3)4)23-12-11-15(30-23)16(17(23)21(26)29)19(27)24-14-9-7-6-8-10-14/h5,11-12,14-18H,1,6-10,13H2,2-4H3,(H,24,27)(H,25,28). The van der Waals surface area contributed by atoms with Crippen molar-refractivity contribution in [2.45, 2.75) is 82.2 Å². The van der Waals surface area contributed by atoms with Gasteiger partial charge in [-0.2, -0.15) is 0 Å². The van der Waals surface area contributed by atoms with E-state index in [0.29, 0.717) is 0 Å². The third kappa shape index (κ3) is 3.37. The normalized spacial score (nSPS) is 35.4. The van der Waals surface area contributed by atoms with Crippen LogP contribution in [0.3, 0.4) is 0 Å². The van der Waals surface area contributed by atoms with Gasteiger partial charge in [-0.15, -0.1) is 6.58 Å². The third-order valence-electron chi connectivity index (χ3n) is 6.70. The molecule has 1 spiro atoms. The van der Waals surface area contributed by atoms with Crippen LogP contribution in [0.2, 0.25) is 0 Å². The summed E-state index contributed by atoms with van der Waals surface area (Å²) >= 11 is 0. The number of hydrogen-bond donors (Lipinski definition) is 2. The number of ether oxygens (including phenoxy) is 1. The number of fused-ring (bicyclic) bond motifs is 1. The van der Waals surface area contributed by atoms with Gasteiger partial charge in [0.1, 0.15) is 11.6 Å². The fraction of sp³-hybridized carbons (Fsp3) is 0.696. The summed E-state index contributed by atoms with van der Waals surface area (Å²) in [5.41, 5.74) is -1.55. The van der Waals surface area contributed by atoms with E-state index in [0.717, 1.165) is 25.7 Å². The summed E-state index contributed by atoms with van der Waals surface area (Å²) in [7, 11) is 0. The quantitative estimate of drug-likeness (QED) is 0.669. The number of amides is 3. The highest BCUT2D eigenvalue weighted by Crippen LogP contribution is 2.55. The Kier molecular flexibility index (Phi) is 5.29. The minimum absolute atomic E-state index is 0.132. The maximum absolute atomic E-state index is 13.5. The number of likely N-dealkylation sites (tertiary alicyclic amines) is 1. The molecule has 3 heterocycles. The maximum Gasteiger partial charge on any atom is 0.246 e. The fourth-order valence-corrected chi connectivity index (χ4v) is 5.59. The first-order valence-electron chi connectivity index (χ1n) is 11.1. The minimum Gasteiger partial charge on any atom is -0.359 e. The number of nitrogens with one attached hydrogen (secondary N) is 2. The first-order chi connectivity index (χ1) is 14.2. The van der Waals surface area contributed by atoms with E-state index in [4.69, 9.17) is 4.74 Å². The van der Waals surface area contributed by atoms with Gasteiger partial charge in [0, 0.05) is 18.1 Å². The molecular formula is C23H33N3O4. The SMILES string of the molecule is C=CCN1C(=O)C2C(C(=O)NC3CCCCC3)C3C=CC2(O3)C1C(=O)NC(C)(C)C. The molecule has 2 saturated heterocycles. The topological polar surface area (TPSA) is 87.7 Å². The average Bonchev–Trinajstić information content (AvgIpc) is 3.29. The molecule has 4 aliphatic rings. The number of rotatable bonds is 5. The van der Waals surface area contributed by atoms with Gasteiger partial charge in [-0.25, -0.2) is 0 Å². The summed E-state index contributed by atoms with van der Waals surface area (Å²) in [5.74, 6) is -1.90. The fourth-order valence-electron chi connectivity index (χ4n) is 5.59.